The molecule has 0 fully saturated rings. The van der Waals surface area contributed by atoms with E-state index in [1.807, 2.05) is 13.8 Å². The highest BCUT2D eigenvalue weighted by Gasteiger charge is 2.19. The molecule has 0 bridgehead atoms. The smallest absolute Gasteiger partial charge is 0.271 e. The number of hydrazone groups is 1. The summed E-state index contributed by atoms with van der Waals surface area (Å²) in [4.78, 5) is 23.6. The van der Waals surface area contributed by atoms with Gasteiger partial charge in [0.25, 0.3) is 5.91 Å². The van der Waals surface area contributed by atoms with Crippen LogP contribution in [-0.4, -0.2) is 17.5 Å². The van der Waals surface area contributed by atoms with Crippen LogP contribution in [0.5, 0.6) is 0 Å². The Morgan fingerprint density at radius 3 is 2.56 bits per heavy atom. The van der Waals surface area contributed by atoms with Crippen LogP contribution >= 0.6 is 0 Å². The number of allylic oxidation sites excluding steroid dienone is 3. The second-order valence-corrected chi connectivity index (χ2v) is 6.35. The molecule has 0 saturated carbocycles. The van der Waals surface area contributed by atoms with Gasteiger partial charge in [0.15, 0.2) is 0 Å². The lowest BCUT2D eigenvalue weighted by Gasteiger charge is -2.22. The van der Waals surface area contributed by atoms with Crippen LogP contribution in [0.3, 0.4) is 0 Å². The zero-order valence-electron chi connectivity index (χ0n) is 15.1. The van der Waals surface area contributed by atoms with Crippen molar-refractivity contribution in [3.63, 3.8) is 0 Å². The molecular formula is C20H25N3O2. The van der Waals surface area contributed by atoms with E-state index in [0.29, 0.717) is 23.6 Å². The van der Waals surface area contributed by atoms with Crippen molar-refractivity contribution in [2.24, 2.45) is 11.0 Å². The highest BCUT2D eigenvalue weighted by molar-refractivity contribution is 6.02. The maximum absolute atomic E-state index is 12.3. The van der Waals surface area contributed by atoms with Gasteiger partial charge in [-0.05, 0) is 62.4 Å². The Hall–Kier alpha value is -2.69. The zero-order chi connectivity index (χ0) is 18.4. The fraction of sp³-hybridized carbons (Fsp3) is 0.350. The highest BCUT2D eigenvalue weighted by Crippen LogP contribution is 2.26. The number of carbonyl (C=O) groups excluding carboxylic acids is 2. The molecule has 132 valence electrons. The fourth-order valence-electron chi connectivity index (χ4n) is 2.56. The fourth-order valence-corrected chi connectivity index (χ4v) is 2.56. The van der Waals surface area contributed by atoms with Crippen LogP contribution in [0.1, 0.15) is 50.4 Å². The summed E-state index contributed by atoms with van der Waals surface area (Å²) in [6.07, 6.45) is 4.32. The Morgan fingerprint density at radius 1 is 1.28 bits per heavy atom. The quantitative estimate of drug-likeness (QED) is 0.627. The van der Waals surface area contributed by atoms with E-state index in [-0.39, 0.29) is 11.8 Å². The van der Waals surface area contributed by atoms with Crippen LogP contribution in [0.15, 0.2) is 53.2 Å². The Kier molecular flexibility index (Phi) is 6.28. The van der Waals surface area contributed by atoms with Gasteiger partial charge >= 0.3 is 0 Å². The molecule has 0 heterocycles. The highest BCUT2D eigenvalue weighted by atomic mass is 16.2. The van der Waals surface area contributed by atoms with E-state index in [1.54, 1.807) is 31.2 Å². The van der Waals surface area contributed by atoms with Gasteiger partial charge in [-0.1, -0.05) is 25.2 Å². The van der Waals surface area contributed by atoms with Gasteiger partial charge in [-0.15, -0.1) is 0 Å². The molecular weight excluding hydrogens is 314 g/mol. The molecule has 5 heteroatoms. The Balaban J connectivity index is 2.01. The minimum absolute atomic E-state index is 0.0600. The summed E-state index contributed by atoms with van der Waals surface area (Å²) in [5, 5.41) is 7.04. The van der Waals surface area contributed by atoms with Gasteiger partial charge in [-0.2, -0.15) is 5.10 Å². The van der Waals surface area contributed by atoms with Crippen molar-refractivity contribution >= 4 is 23.2 Å². The number of carbonyl (C=O) groups is 2. The molecule has 2 N–H and O–H groups in total. The third kappa shape index (κ3) is 5.14. The van der Waals surface area contributed by atoms with Gasteiger partial charge in [0.1, 0.15) is 0 Å². The molecule has 0 spiro atoms. The van der Waals surface area contributed by atoms with Gasteiger partial charge in [0, 0.05) is 17.7 Å². The number of hydrogen-bond acceptors (Lipinski definition) is 3. The first-order valence-corrected chi connectivity index (χ1v) is 8.50. The molecule has 0 unspecified atom stereocenters. The SMILES string of the molecule is C=C(C)[C@H]1CC=C(C)C(=NNC(=O)c2ccc(NC(=O)CC)cc2)C1. The van der Waals surface area contributed by atoms with Crippen molar-refractivity contribution in [1.29, 1.82) is 0 Å². The minimum Gasteiger partial charge on any atom is -0.326 e. The van der Waals surface area contributed by atoms with Gasteiger partial charge in [-0.25, -0.2) is 5.43 Å². The van der Waals surface area contributed by atoms with E-state index >= 15 is 0 Å². The maximum Gasteiger partial charge on any atom is 0.271 e. The van der Waals surface area contributed by atoms with Gasteiger partial charge in [0.05, 0.1) is 5.71 Å². The molecule has 1 aromatic carbocycles. The number of amides is 2. The van der Waals surface area contributed by atoms with E-state index in [2.05, 4.69) is 28.5 Å². The monoisotopic (exact) mass is 339 g/mol. The summed E-state index contributed by atoms with van der Waals surface area (Å²) in [6, 6.07) is 6.75. The van der Waals surface area contributed by atoms with Crippen LogP contribution in [0.25, 0.3) is 0 Å². The van der Waals surface area contributed by atoms with Crippen LogP contribution in [0, 0.1) is 5.92 Å². The van der Waals surface area contributed by atoms with Crippen molar-refractivity contribution < 1.29 is 9.59 Å². The van der Waals surface area contributed by atoms with Crippen molar-refractivity contribution in [3.05, 3.63) is 53.6 Å². The van der Waals surface area contributed by atoms with Crippen LogP contribution < -0.4 is 10.7 Å². The predicted molar refractivity (Wildman–Crippen MR) is 102 cm³/mol. The summed E-state index contributed by atoms with van der Waals surface area (Å²) in [7, 11) is 0. The first-order valence-electron chi connectivity index (χ1n) is 8.50. The third-order valence-electron chi connectivity index (χ3n) is 4.34. The van der Waals surface area contributed by atoms with E-state index in [0.717, 1.165) is 29.7 Å². The lowest BCUT2D eigenvalue weighted by molar-refractivity contribution is -0.115. The number of hydrogen-bond donors (Lipinski definition) is 2. The summed E-state index contributed by atoms with van der Waals surface area (Å²) < 4.78 is 0. The van der Waals surface area contributed by atoms with Crippen molar-refractivity contribution in [2.45, 2.75) is 40.0 Å². The summed E-state index contributed by atoms with van der Waals surface area (Å²) in [5.74, 6) is 0.0437. The van der Waals surface area contributed by atoms with Crippen molar-refractivity contribution in [1.82, 2.24) is 5.43 Å². The topological polar surface area (TPSA) is 70.6 Å². The molecule has 1 aliphatic carbocycles. The Morgan fingerprint density at radius 2 is 1.96 bits per heavy atom. The minimum atomic E-state index is -0.272. The van der Waals surface area contributed by atoms with Crippen molar-refractivity contribution in [3.8, 4) is 0 Å². The van der Waals surface area contributed by atoms with Crippen LogP contribution in [0.2, 0.25) is 0 Å². The van der Waals surface area contributed by atoms with Crippen LogP contribution in [0.4, 0.5) is 5.69 Å². The standard InChI is InChI=1S/C20H25N3O2/c1-5-19(24)21-17-10-8-15(9-11-17)20(25)23-22-18-12-16(13(2)3)7-6-14(18)4/h6,8-11,16H,2,5,7,12H2,1,3-4H3,(H,21,24)(H,23,25)/t16-/m0/s1. The van der Waals surface area contributed by atoms with Crippen molar-refractivity contribution in [2.75, 3.05) is 5.32 Å². The molecule has 0 radical (unpaired) electrons. The molecule has 0 aromatic heterocycles. The second kappa shape index (κ2) is 8.42. The summed E-state index contributed by atoms with van der Waals surface area (Å²) in [6.45, 7) is 9.83. The van der Waals surface area contributed by atoms with E-state index in [4.69, 9.17) is 0 Å². The largest absolute Gasteiger partial charge is 0.326 e. The molecule has 2 rings (SSSR count). The first-order chi connectivity index (χ1) is 11.9. The lowest BCUT2D eigenvalue weighted by atomic mass is 9.85. The van der Waals surface area contributed by atoms with E-state index < -0.39 is 0 Å². The normalized spacial score (nSPS) is 18.4. The molecule has 2 amide bonds. The van der Waals surface area contributed by atoms with E-state index in [9.17, 15) is 9.59 Å². The van der Waals surface area contributed by atoms with Gasteiger partial charge < -0.3 is 5.32 Å². The number of nitrogens with one attached hydrogen (secondary N) is 2. The number of rotatable bonds is 5. The average molecular weight is 339 g/mol. The molecule has 1 atom stereocenters. The Labute approximate surface area is 148 Å². The summed E-state index contributed by atoms with van der Waals surface area (Å²) in [5.41, 5.74) is 6.90. The predicted octanol–water partition coefficient (Wildman–Crippen LogP) is 4.05. The number of benzene rings is 1. The first kappa shape index (κ1) is 18.6. The number of nitrogens with zero attached hydrogens (tertiary/aromatic N) is 1. The van der Waals surface area contributed by atoms with E-state index in [1.165, 1.54) is 0 Å². The van der Waals surface area contributed by atoms with Gasteiger partial charge in [0.2, 0.25) is 5.91 Å². The molecule has 0 saturated heterocycles. The average Bonchev–Trinajstić information content (AvgIpc) is 2.61. The molecule has 5 nitrogen and oxygen atoms in total. The second-order valence-electron chi connectivity index (χ2n) is 6.35. The summed E-state index contributed by atoms with van der Waals surface area (Å²) >= 11 is 0. The number of anilines is 1. The Bertz CT molecular complexity index is 730. The lowest BCUT2D eigenvalue weighted by Crippen LogP contribution is -2.23. The third-order valence-corrected chi connectivity index (χ3v) is 4.34. The van der Waals surface area contributed by atoms with Gasteiger partial charge in [-0.3, -0.25) is 9.59 Å². The molecule has 1 aliphatic rings. The zero-order valence-corrected chi connectivity index (χ0v) is 15.1. The molecule has 0 aliphatic heterocycles. The molecule has 1 aromatic rings. The molecule has 25 heavy (non-hydrogen) atoms. The maximum atomic E-state index is 12.3. The van der Waals surface area contributed by atoms with Crippen LogP contribution in [-0.2, 0) is 4.79 Å².